The summed E-state index contributed by atoms with van der Waals surface area (Å²) in [7, 11) is 0. The predicted octanol–water partition coefficient (Wildman–Crippen LogP) is 0.0507. The van der Waals surface area contributed by atoms with Crippen molar-refractivity contribution in [2.75, 3.05) is 6.73 Å². The van der Waals surface area contributed by atoms with E-state index in [4.69, 9.17) is 4.74 Å². The number of benzene rings is 1. The summed E-state index contributed by atoms with van der Waals surface area (Å²) in [5.74, 6) is 0.715. The maximum atomic E-state index is 10.9. The minimum Gasteiger partial charge on any atom is -0.626 e. The van der Waals surface area contributed by atoms with Crippen LogP contribution in [0.5, 0.6) is 5.75 Å². The summed E-state index contributed by atoms with van der Waals surface area (Å²) in [6.45, 7) is 0.208. The van der Waals surface area contributed by atoms with Crippen LogP contribution in [0.25, 0.3) is 0 Å². The number of fused-ring (bicyclic) bond motifs is 1. The summed E-state index contributed by atoms with van der Waals surface area (Å²) in [6, 6.07) is 7.29. The van der Waals surface area contributed by atoms with Crippen LogP contribution >= 0.6 is 0 Å². The molecule has 3 heteroatoms. The smallest absolute Gasteiger partial charge is 0.227 e. The lowest BCUT2D eigenvalue weighted by Crippen LogP contribution is -3.00. The van der Waals surface area contributed by atoms with Gasteiger partial charge in [-0.3, -0.25) is 0 Å². The van der Waals surface area contributed by atoms with E-state index in [0.29, 0.717) is 11.4 Å². The first-order valence-electron chi connectivity index (χ1n) is 3.13. The van der Waals surface area contributed by atoms with Gasteiger partial charge >= 0.3 is 0 Å². The Hall–Kier alpha value is -1.06. The van der Waals surface area contributed by atoms with Crippen molar-refractivity contribution in [1.82, 2.24) is 0 Å². The van der Waals surface area contributed by atoms with E-state index in [2.05, 4.69) is 0 Å². The molecule has 10 heavy (non-hydrogen) atoms. The highest BCUT2D eigenvalue weighted by Gasteiger charge is 2.17. The Labute approximate surface area is 58.4 Å². The topological polar surface area (TPSA) is 36.7 Å². The predicted molar refractivity (Wildman–Crippen MR) is 35.9 cm³/mol. The number of hydroxylamine groups is 1. The normalized spacial score (nSPS) is 21.9. The molecule has 0 radical (unpaired) electrons. The Morgan fingerprint density at radius 2 is 2.20 bits per heavy atom. The van der Waals surface area contributed by atoms with Crippen LogP contribution in [0.4, 0.5) is 5.69 Å². The largest absolute Gasteiger partial charge is 0.626 e. The second kappa shape index (κ2) is 1.97. The molecule has 0 spiro atoms. The van der Waals surface area contributed by atoms with Crippen LogP contribution in [0.2, 0.25) is 0 Å². The van der Waals surface area contributed by atoms with Crippen molar-refractivity contribution in [3.63, 3.8) is 0 Å². The first kappa shape index (κ1) is 5.70. The van der Waals surface area contributed by atoms with Crippen molar-refractivity contribution in [2.24, 2.45) is 0 Å². The summed E-state index contributed by atoms with van der Waals surface area (Å²) < 4.78 is 5.06. The Balaban J connectivity index is 2.51. The highest BCUT2D eigenvalue weighted by molar-refractivity contribution is 5.46. The third-order valence-corrected chi connectivity index (χ3v) is 1.55. The van der Waals surface area contributed by atoms with Gasteiger partial charge in [0.2, 0.25) is 6.73 Å². The number of hydrogen-bond acceptors (Lipinski definition) is 2. The van der Waals surface area contributed by atoms with Gasteiger partial charge in [-0.1, -0.05) is 12.1 Å². The van der Waals surface area contributed by atoms with Gasteiger partial charge in [-0.25, -0.2) is 0 Å². The van der Waals surface area contributed by atoms with Gasteiger partial charge < -0.3 is 15.0 Å². The van der Waals surface area contributed by atoms with Crippen LogP contribution in [0.15, 0.2) is 24.3 Å². The summed E-state index contributed by atoms with van der Waals surface area (Å²) in [5, 5.41) is 11.0. The van der Waals surface area contributed by atoms with Crippen molar-refractivity contribution in [3.8, 4) is 5.75 Å². The molecule has 1 aromatic carbocycles. The summed E-state index contributed by atoms with van der Waals surface area (Å²) in [4.78, 5) is 0. The van der Waals surface area contributed by atoms with E-state index in [1.807, 2.05) is 12.1 Å². The van der Waals surface area contributed by atoms with Crippen LogP contribution in [-0.4, -0.2) is 6.73 Å². The van der Waals surface area contributed by atoms with E-state index in [1.165, 1.54) is 0 Å². The molecule has 1 heterocycles. The number of quaternary nitrogens is 1. The van der Waals surface area contributed by atoms with Gasteiger partial charge in [-0.15, -0.1) is 0 Å². The second-order valence-electron chi connectivity index (χ2n) is 2.21. The van der Waals surface area contributed by atoms with Gasteiger partial charge in [0.05, 0.1) is 0 Å². The number of ether oxygens (including phenoxy) is 1. The molecule has 3 nitrogen and oxygen atoms in total. The highest BCUT2D eigenvalue weighted by atomic mass is 16.6. The van der Waals surface area contributed by atoms with Gasteiger partial charge in [-0.2, -0.15) is 0 Å². The maximum absolute atomic E-state index is 10.9. The highest BCUT2D eigenvalue weighted by Crippen LogP contribution is 2.22. The van der Waals surface area contributed by atoms with Crippen molar-refractivity contribution in [1.29, 1.82) is 0 Å². The fourth-order valence-corrected chi connectivity index (χ4v) is 1.04. The Kier molecular flexibility index (Phi) is 1.12. The zero-order valence-electron chi connectivity index (χ0n) is 5.33. The number of rotatable bonds is 0. The Morgan fingerprint density at radius 3 is 3.00 bits per heavy atom. The SMILES string of the molecule is [O-][NH+]1COc2ccccc21. The molecule has 0 saturated carbocycles. The van der Waals surface area contributed by atoms with E-state index < -0.39 is 0 Å². The van der Waals surface area contributed by atoms with Gasteiger partial charge in [0, 0.05) is 6.07 Å². The van der Waals surface area contributed by atoms with Crippen molar-refractivity contribution >= 4 is 5.69 Å². The molecule has 0 fully saturated rings. The fraction of sp³-hybridized carbons (Fsp3) is 0.143. The third kappa shape index (κ3) is 0.683. The molecule has 0 amide bonds. The Morgan fingerprint density at radius 1 is 1.40 bits per heavy atom. The monoisotopic (exact) mass is 137 g/mol. The lowest BCUT2D eigenvalue weighted by molar-refractivity contribution is -0.784. The molecular weight excluding hydrogens is 130 g/mol. The molecule has 1 N–H and O–H groups in total. The van der Waals surface area contributed by atoms with Gasteiger partial charge in [0.1, 0.15) is 0 Å². The number of nitrogens with one attached hydrogen (secondary N) is 1. The van der Waals surface area contributed by atoms with Gasteiger partial charge in [-0.05, 0) is 6.07 Å². The molecule has 0 saturated heterocycles. The summed E-state index contributed by atoms with van der Waals surface area (Å²) >= 11 is 0. The van der Waals surface area contributed by atoms with Crippen LogP contribution in [0, 0.1) is 5.21 Å². The molecular formula is C7H7NO2. The van der Waals surface area contributed by atoms with E-state index in [1.54, 1.807) is 12.1 Å². The lowest BCUT2D eigenvalue weighted by Gasteiger charge is -2.10. The molecule has 0 bridgehead atoms. The van der Waals surface area contributed by atoms with Crippen LogP contribution in [0.3, 0.4) is 0 Å². The molecule has 0 aromatic heterocycles. The first-order chi connectivity index (χ1) is 4.88. The van der Waals surface area contributed by atoms with Gasteiger partial charge in [0.15, 0.2) is 11.4 Å². The van der Waals surface area contributed by atoms with E-state index >= 15 is 0 Å². The third-order valence-electron chi connectivity index (χ3n) is 1.55. The zero-order valence-corrected chi connectivity index (χ0v) is 5.33. The molecule has 1 unspecified atom stereocenters. The summed E-state index contributed by atoms with van der Waals surface area (Å²) in [5.41, 5.74) is 0.711. The minimum atomic E-state index is 0.0793. The maximum Gasteiger partial charge on any atom is 0.227 e. The fourth-order valence-electron chi connectivity index (χ4n) is 1.04. The number of hydrogen-bond donors (Lipinski definition) is 1. The van der Waals surface area contributed by atoms with Gasteiger partial charge in [0.25, 0.3) is 0 Å². The molecule has 1 aromatic rings. The second-order valence-corrected chi connectivity index (χ2v) is 2.21. The van der Waals surface area contributed by atoms with Crippen LogP contribution in [-0.2, 0) is 0 Å². The van der Waals surface area contributed by atoms with Crippen molar-refractivity contribution in [2.45, 2.75) is 0 Å². The molecule has 1 atom stereocenters. The summed E-state index contributed by atoms with van der Waals surface area (Å²) in [6.07, 6.45) is 0. The van der Waals surface area contributed by atoms with E-state index in [9.17, 15) is 5.21 Å². The molecule has 1 aliphatic rings. The molecule has 2 rings (SSSR count). The van der Waals surface area contributed by atoms with E-state index in [-0.39, 0.29) is 11.8 Å². The van der Waals surface area contributed by atoms with Crippen molar-refractivity contribution < 1.29 is 9.80 Å². The minimum absolute atomic E-state index is 0.0793. The van der Waals surface area contributed by atoms with E-state index in [0.717, 1.165) is 0 Å². The zero-order chi connectivity index (χ0) is 6.97. The molecule has 52 valence electrons. The van der Waals surface area contributed by atoms with Crippen LogP contribution < -0.4 is 9.80 Å². The first-order valence-corrected chi connectivity index (χ1v) is 3.13. The quantitative estimate of drug-likeness (QED) is 0.513. The average Bonchev–Trinajstić information content (AvgIpc) is 2.34. The van der Waals surface area contributed by atoms with Crippen molar-refractivity contribution in [3.05, 3.63) is 29.5 Å². The standard InChI is InChI=1S/C7H7NO2/c9-8-5-10-7-4-2-1-3-6(7)8/h1-4,8H,5H2. The average molecular weight is 137 g/mol. The van der Waals surface area contributed by atoms with Crippen LogP contribution in [0.1, 0.15) is 0 Å². The Bertz CT molecular complexity index is 249. The number of para-hydroxylation sites is 2. The lowest BCUT2D eigenvalue weighted by atomic mass is 10.3. The molecule has 1 aliphatic heterocycles. The molecule has 0 aliphatic carbocycles.